The minimum Gasteiger partial charge on any atom is -0.353 e. The Labute approximate surface area is 159 Å². The number of ketones is 1. The van der Waals surface area contributed by atoms with Crippen molar-refractivity contribution in [2.75, 3.05) is 5.32 Å². The second-order valence-electron chi connectivity index (χ2n) is 5.63. The molecular formula is C21H14BrNOS. The van der Waals surface area contributed by atoms with E-state index < -0.39 is 0 Å². The van der Waals surface area contributed by atoms with E-state index in [4.69, 9.17) is 0 Å². The van der Waals surface area contributed by atoms with Crippen LogP contribution in [0.5, 0.6) is 0 Å². The van der Waals surface area contributed by atoms with Gasteiger partial charge in [0.25, 0.3) is 0 Å². The Morgan fingerprint density at radius 1 is 0.880 bits per heavy atom. The Kier molecular flexibility index (Phi) is 4.47. The normalized spacial score (nSPS) is 13.2. The Hall–Kier alpha value is -2.30. The van der Waals surface area contributed by atoms with Gasteiger partial charge in [0.15, 0.2) is 0 Å². The van der Waals surface area contributed by atoms with Gasteiger partial charge in [0.2, 0.25) is 5.78 Å². The van der Waals surface area contributed by atoms with Gasteiger partial charge in [-0.25, -0.2) is 0 Å². The second-order valence-corrected chi connectivity index (χ2v) is 7.60. The molecule has 0 unspecified atom stereocenters. The number of hydrogen-bond donors (Lipinski definition) is 1. The number of carbonyl (C=O) groups is 1. The van der Waals surface area contributed by atoms with Gasteiger partial charge in [-0.3, -0.25) is 4.79 Å². The SMILES string of the molecule is O=C(C1=C(c2ccccc2)Nc2cc(Br)ccc2S1)c1ccccc1. The Morgan fingerprint density at radius 3 is 2.28 bits per heavy atom. The van der Waals surface area contributed by atoms with E-state index in [0.29, 0.717) is 10.5 Å². The Balaban J connectivity index is 1.85. The number of carbonyl (C=O) groups excluding carboxylic acids is 1. The van der Waals surface area contributed by atoms with Gasteiger partial charge in [-0.05, 0) is 23.8 Å². The number of halogens is 1. The minimum atomic E-state index is 0.0329. The maximum Gasteiger partial charge on any atom is 0.201 e. The highest BCUT2D eigenvalue weighted by Gasteiger charge is 2.25. The molecule has 1 heterocycles. The van der Waals surface area contributed by atoms with E-state index in [1.54, 1.807) is 0 Å². The molecule has 0 saturated heterocycles. The van der Waals surface area contributed by atoms with E-state index >= 15 is 0 Å². The summed E-state index contributed by atoms with van der Waals surface area (Å²) in [5.41, 5.74) is 3.55. The number of thioether (sulfide) groups is 1. The second kappa shape index (κ2) is 6.90. The molecule has 0 spiro atoms. The number of anilines is 1. The average molecular weight is 408 g/mol. The summed E-state index contributed by atoms with van der Waals surface area (Å²) < 4.78 is 1.00. The highest BCUT2D eigenvalue weighted by molar-refractivity contribution is 9.10. The molecule has 2 nitrogen and oxygen atoms in total. The molecule has 0 radical (unpaired) electrons. The van der Waals surface area contributed by atoms with Crippen LogP contribution in [-0.4, -0.2) is 5.78 Å². The van der Waals surface area contributed by atoms with E-state index in [1.165, 1.54) is 11.8 Å². The first-order valence-electron chi connectivity index (χ1n) is 7.86. The van der Waals surface area contributed by atoms with Crippen molar-refractivity contribution in [1.82, 2.24) is 0 Å². The van der Waals surface area contributed by atoms with Crippen LogP contribution in [0.3, 0.4) is 0 Å². The van der Waals surface area contributed by atoms with Crippen molar-refractivity contribution in [1.29, 1.82) is 0 Å². The molecular weight excluding hydrogens is 394 g/mol. The fraction of sp³-hybridized carbons (Fsp3) is 0. The lowest BCUT2D eigenvalue weighted by Crippen LogP contribution is -2.13. The molecule has 0 atom stereocenters. The molecule has 0 amide bonds. The first-order chi connectivity index (χ1) is 12.2. The number of fused-ring (bicyclic) bond motifs is 1. The number of hydrogen-bond acceptors (Lipinski definition) is 3. The zero-order valence-corrected chi connectivity index (χ0v) is 15.6. The predicted octanol–water partition coefficient (Wildman–Crippen LogP) is 6.22. The summed E-state index contributed by atoms with van der Waals surface area (Å²) in [7, 11) is 0. The third-order valence-corrected chi connectivity index (χ3v) is 5.61. The first kappa shape index (κ1) is 16.2. The number of rotatable bonds is 3. The maximum absolute atomic E-state index is 13.1. The fourth-order valence-corrected chi connectivity index (χ4v) is 4.15. The summed E-state index contributed by atoms with van der Waals surface area (Å²) in [6.45, 7) is 0. The molecule has 0 aliphatic carbocycles. The third-order valence-electron chi connectivity index (χ3n) is 3.95. The lowest BCUT2D eigenvalue weighted by atomic mass is 10.1. The van der Waals surface area contributed by atoms with Crippen molar-refractivity contribution in [3.05, 3.63) is 99.4 Å². The van der Waals surface area contributed by atoms with E-state index in [-0.39, 0.29) is 5.78 Å². The fourth-order valence-electron chi connectivity index (χ4n) is 2.73. The molecule has 4 rings (SSSR count). The third kappa shape index (κ3) is 3.28. The first-order valence-corrected chi connectivity index (χ1v) is 9.47. The smallest absolute Gasteiger partial charge is 0.201 e. The van der Waals surface area contributed by atoms with Gasteiger partial charge in [0, 0.05) is 14.9 Å². The summed E-state index contributed by atoms with van der Waals surface area (Å²) in [6, 6.07) is 25.4. The Morgan fingerprint density at radius 2 is 1.56 bits per heavy atom. The topological polar surface area (TPSA) is 29.1 Å². The van der Waals surface area contributed by atoms with Crippen LogP contribution in [0.1, 0.15) is 15.9 Å². The van der Waals surface area contributed by atoms with Crippen LogP contribution in [0.25, 0.3) is 5.70 Å². The highest BCUT2D eigenvalue weighted by Crippen LogP contribution is 2.44. The molecule has 25 heavy (non-hydrogen) atoms. The zero-order valence-electron chi connectivity index (χ0n) is 13.2. The molecule has 3 aromatic rings. The lowest BCUT2D eigenvalue weighted by molar-refractivity contribution is 0.104. The van der Waals surface area contributed by atoms with E-state index in [1.807, 2.05) is 78.9 Å². The monoisotopic (exact) mass is 407 g/mol. The lowest BCUT2D eigenvalue weighted by Gasteiger charge is -2.24. The van der Waals surface area contributed by atoms with Crippen LogP contribution >= 0.6 is 27.7 Å². The quantitative estimate of drug-likeness (QED) is 0.522. The minimum absolute atomic E-state index is 0.0329. The van der Waals surface area contributed by atoms with Crippen molar-refractivity contribution in [2.45, 2.75) is 4.90 Å². The molecule has 0 saturated carbocycles. The van der Waals surface area contributed by atoms with Crippen molar-refractivity contribution in [3.63, 3.8) is 0 Å². The Bertz CT molecular complexity index is 968. The van der Waals surface area contributed by atoms with E-state index in [2.05, 4.69) is 21.2 Å². The summed E-state index contributed by atoms with van der Waals surface area (Å²) >= 11 is 5.03. The van der Waals surface area contributed by atoms with Crippen LogP contribution < -0.4 is 5.32 Å². The van der Waals surface area contributed by atoms with Gasteiger partial charge >= 0.3 is 0 Å². The summed E-state index contributed by atoms with van der Waals surface area (Å²) in [5.74, 6) is 0.0329. The van der Waals surface area contributed by atoms with Gasteiger partial charge in [0.05, 0.1) is 16.3 Å². The van der Waals surface area contributed by atoms with Crippen LogP contribution in [-0.2, 0) is 0 Å². The van der Waals surface area contributed by atoms with Crippen molar-refractivity contribution >= 4 is 44.9 Å². The number of Topliss-reactive ketones (excluding diaryl/α,β-unsaturated/α-hetero) is 1. The van der Waals surface area contributed by atoms with Crippen LogP contribution in [0, 0.1) is 0 Å². The molecule has 3 aromatic carbocycles. The predicted molar refractivity (Wildman–Crippen MR) is 108 cm³/mol. The summed E-state index contributed by atoms with van der Waals surface area (Å²) in [4.78, 5) is 14.9. The molecule has 0 bridgehead atoms. The van der Waals surface area contributed by atoms with Crippen molar-refractivity contribution in [3.8, 4) is 0 Å². The van der Waals surface area contributed by atoms with Crippen molar-refractivity contribution in [2.24, 2.45) is 0 Å². The molecule has 1 aliphatic heterocycles. The molecule has 0 aromatic heterocycles. The van der Waals surface area contributed by atoms with Crippen LogP contribution in [0.15, 0.2) is 93.1 Å². The van der Waals surface area contributed by atoms with E-state index in [0.717, 1.165) is 26.3 Å². The van der Waals surface area contributed by atoms with Gasteiger partial charge in [-0.15, -0.1) is 0 Å². The zero-order chi connectivity index (χ0) is 17.2. The standard InChI is InChI=1S/C21H14BrNOS/c22-16-11-12-18-17(13-16)23-19(14-7-3-1-4-8-14)21(25-18)20(24)15-9-5-2-6-10-15/h1-13,23H. The largest absolute Gasteiger partial charge is 0.353 e. The average Bonchev–Trinajstić information content (AvgIpc) is 2.68. The molecule has 4 heteroatoms. The highest BCUT2D eigenvalue weighted by atomic mass is 79.9. The van der Waals surface area contributed by atoms with Crippen LogP contribution in [0.4, 0.5) is 5.69 Å². The molecule has 122 valence electrons. The van der Waals surface area contributed by atoms with Gasteiger partial charge in [-0.2, -0.15) is 0 Å². The maximum atomic E-state index is 13.1. The van der Waals surface area contributed by atoms with E-state index in [9.17, 15) is 4.79 Å². The number of benzene rings is 3. The summed E-state index contributed by atoms with van der Waals surface area (Å²) in [6.07, 6.45) is 0. The molecule has 0 fully saturated rings. The number of nitrogens with one attached hydrogen (secondary N) is 1. The number of allylic oxidation sites excluding steroid dienone is 1. The van der Waals surface area contributed by atoms with Gasteiger partial charge < -0.3 is 5.32 Å². The van der Waals surface area contributed by atoms with Gasteiger partial charge in [-0.1, -0.05) is 88.4 Å². The van der Waals surface area contributed by atoms with Crippen LogP contribution in [0.2, 0.25) is 0 Å². The molecule has 1 N–H and O–H groups in total. The van der Waals surface area contributed by atoms with Gasteiger partial charge in [0.1, 0.15) is 0 Å². The van der Waals surface area contributed by atoms with Crippen molar-refractivity contribution < 1.29 is 4.79 Å². The summed E-state index contributed by atoms with van der Waals surface area (Å²) in [5, 5.41) is 3.46. The molecule has 1 aliphatic rings.